The number of nitrogens with one attached hydrogen (secondary N) is 2. The van der Waals surface area contributed by atoms with Gasteiger partial charge in [0.2, 0.25) is 5.91 Å². The van der Waals surface area contributed by atoms with Crippen molar-refractivity contribution in [3.05, 3.63) is 36.0 Å². The summed E-state index contributed by atoms with van der Waals surface area (Å²) in [7, 11) is 1.86. The fraction of sp³-hybridized carbons (Fsp3) is 0.476. The van der Waals surface area contributed by atoms with Crippen LogP contribution in [0.1, 0.15) is 42.6 Å². The number of hydrogen-bond donors (Lipinski definition) is 3. The largest absolute Gasteiger partial charge is 0.396 e. The molecule has 0 bridgehead atoms. The third-order valence-corrected chi connectivity index (χ3v) is 5.49. The van der Waals surface area contributed by atoms with Crippen LogP contribution in [0.3, 0.4) is 0 Å². The van der Waals surface area contributed by atoms with Crippen LogP contribution in [-0.4, -0.2) is 40.2 Å². The molecule has 2 aromatic rings. The number of rotatable bonds is 6. The van der Waals surface area contributed by atoms with Crippen molar-refractivity contribution in [1.82, 2.24) is 15.2 Å². The van der Waals surface area contributed by atoms with E-state index in [1.165, 1.54) is 0 Å². The van der Waals surface area contributed by atoms with E-state index in [0.29, 0.717) is 12.1 Å². The molecule has 28 heavy (non-hydrogen) atoms. The molecular formula is C21H26N4O3. The van der Waals surface area contributed by atoms with Gasteiger partial charge >= 0.3 is 0 Å². The SMILES string of the molecule is Cn1c(C(=O)NC2CCCCC2C(=O)NC(C#N)CCO)cc2ccccc21. The zero-order valence-electron chi connectivity index (χ0n) is 16.0. The Morgan fingerprint density at radius 1 is 1.32 bits per heavy atom. The van der Waals surface area contributed by atoms with E-state index >= 15 is 0 Å². The summed E-state index contributed by atoms with van der Waals surface area (Å²) in [5.74, 6) is -0.806. The van der Waals surface area contributed by atoms with Gasteiger partial charge in [-0.2, -0.15) is 5.26 Å². The molecule has 3 rings (SSSR count). The van der Waals surface area contributed by atoms with Crippen molar-refractivity contribution in [2.24, 2.45) is 13.0 Å². The Labute approximate surface area is 164 Å². The minimum atomic E-state index is -0.714. The van der Waals surface area contributed by atoms with Crippen LogP contribution in [0.2, 0.25) is 0 Å². The average Bonchev–Trinajstić information content (AvgIpc) is 3.05. The molecule has 148 valence electrons. The molecule has 1 aromatic heterocycles. The van der Waals surface area contributed by atoms with E-state index in [0.717, 1.165) is 30.2 Å². The van der Waals surface area contributed by atoms with Gasteiger partial charge in [0.15, 0.2) is 0 Å². The van der Waals surface area contributed by atoms with Gasteiger partial charge in [0.05, 0.1) is 12.0 Å². The summed E-state index contributed by atoms with van der Waals surface area (Å²) in [6.07, 6.45) is 3.45. The lowest BCUT2D eigenvalue weighted by molar-refractivity contribution is -0.127. The summed E-state index contributed by atoms with van der Waals surface area (Å²) in [5, 5.41) is 24.9. The normalized spacial score (nSPS) is 20.3. The van der Waals surface area contributed by atoms with E-state index in [2.05, 4.69) is 10.6 Å². The van der Waals surface area contributed by atoms with Crippen molar-refractivity contribution in [2.45, 2.75) is 44.2 Å². The third kappa shape index (κ3) is 4.18. The maximum atomic E-state index is 12.9. The van der Waals surface area contributed by atoms with Crippen molar-refractivity contribution >= 4 is 22.7 Å². The van der Waals surface area contributed by atoms with Crippen molar-refractivity contribution < 1.29 is 14.7 Å². The Balaban J connectivity index is 1.73. The Kier molecular flexibility index (Phi) is 6.32. The van der Waals surface area contributed by atoms with Gasteiger partial charge < -0.3 is 20.3 Å². The van der Waals surface area contributed by atoms with Crippen LogP contribution < -0.4 is 10.6 Å². The molecule has 3 atom stereocenters. The number of aliphatic hydroxyl groups excluding tert-OH is 1. The molecule has 2 amide bonds. The number of amides is 2. The van der Waals surface area contributed by atoms with Crippen molar-refractivity contribution in [1.29, 1.82) is 5.26 Å². The van der Waals surface area contributed by atoms with Crippen LogP contribution >= 0.6 is 0 Å². The number of fused-ring (bicyclic) bond motifs is 1. The summed E-state index contributed by atoms with van der Waals surface area (Å²) in [6, 6.07) is 10.7. The maximum absolute atomic E-state index is 12.9. The Hall–Kier alpha value is -2.85. The van der Waals surface area contributed by atoms with E-state index < -0.39 is 6.04 Å². The molecule has 1 fully saturated rings. The summed E-state index contributed by atoms with van der Waals surface area (Å²) in [4.78, 5) is 25.6. The number of carbonyl (C=O) groups is 2. The van der Waals surface area contributed by atoms with Crippen LogP contribution in [0.5, 0.6) is 0 Å². The standard InChI is InChI=1S/C21H26N4O3/c1-25-18-9-5-2-6-14(18)12-19(25)21(28)24-17-8-4-3-7-16(17)20(27)23-15(13-22)10-11-26/h2,5-6,9,12,15-17,26H,3-4,7-8,10-11H2,1H3,(H,23,27)(H,24,28). The quantitative estimate of drug-likeness (QED) is 0.709. The topological polar surface area (TPSA) is 107 Å². The first-order chi connectivity index (χ1) is 13.5. The molecule has 0 radical (unpaired) electrons. The summed E-state index contributed by atoms with van der Waals surface area (Å²) in [6.45, 7) is -0.162. The lowest BCUT2D eigenvalue weighted by Crippen LogP contribution is -2.50. The second-order valence-corrected chi connectivity index (χ2v) is 7.32. The highest BCUT2D eigenvalue weighted by molar-refractivity contribution is 5.99. The predicted octanol–water partition coefficient (Wildman–Crippen LogP) is 1.86. The van der Waals surface area contributed by atoms with Crippen molar-refractivity contribution in [3.8, 4) is 6.07 Å². The van der Waals surface area contributed by atoms with Gasteiger partial charge in [0.25, 0.3) is 5.91 Å². The number of hydrogen-bond acceptors (Lipinski definition) is 4. The minimum Gasteiger partial charge on any atom is -0.396 e. The van der Waals surface area contributed by atoms with E-state index in [4.69, 9.17) is 10.4 Å². The first kappa shape index (κ1) is 19.9. The summed E-state index contributed by atoms with van der Waals surface area (Å²) < 4.78 is 1.86. The molecule has 1 aromatic carbocycles. The van der Waals surface area contributed by atoms with Crippen LogP contribution in [0.25, 0.3) is 10.9 Å². The van der Waals surface area contributed by atoms with Gasteiger partial charge in [0.1, 0.15) is 11.7 Å². The van der Waals surface area contributed by atoms with Gasteiger partial charge in [-0.3, -0.25) is 9.59 Å². The lowest BCUT2D eigenvalue weighted by Gasteiger charge is -2.31. The van der Waals surface area contributed by atoms with Gasteiger partial charge in [-0.25, -0.2) is 0 Å². The predicted molar refractivity (Wildman–Crippen MR) is 105 cm³/mol. The Morgan fingerprint density at radius 3 is 2.79 bits per heavy atom. The molecule has 7 nitrogen and oxygen atoms in total. The first-order valence-corrected chi connectivity index (χ1v) is 9.71. The molecule has 1 aliphatic rings. The highest BCUT2D eigenvalue weighted by Gasteiger charge is 2.33. The molecule has 0 saturated heterocycles. The fourth-order valence-corrected chi connectivity index (χ4v) is 3.94. The molecule has 7 heteroatoms. The smallest absolute Gasteiger partial charge is 0.268 e. The van der Waals surface area contributed by atoms with Gasteiger partial charge in [0, 0.05) is 37.0 Å². The van der Waals surface area contributed by atoms with E-state index in [1.54, 1.807) is 0 Å². The molecule has 0 aliphatic heterocycles. The van der Waals surface area contributed by atoms with Gasteiger partial charge in [-0.05, 0) is 25.0 Å². The van der Waals surface area contributed by atoms with Crippen molar-refractivity contribution in [3.63, 3.8) is 0 Å². The number of benzene rings is 1. The Bertz CT molecular complexity index is 899. The number of nitriles is 1. The highest BCUT2D eigenvalue weighted by Crippen LogP contribution is 2.26. The average molecular weight is 382 g/mol. The molecule has 1 heterocycles. The number of nitrogens with zero attached hydrogens (tertiary/aromatic N) is 2. The number of aryl methyl sites for hydroxylation is 1. The summed E-state index contributed by atoms with van der Waals surface area (Å²) in [5.41, 5.74) is 1.53. The molecule has 3 unspecified atom stereocenters. The molecule has 1 saturated carbocycles. The molecule has 0 spiro atoms. The van der Waals surface area contributed by atoms with Crippen LogP contribution in [0.4, 0.5) is 0 Å². The molecule has 1 aliphatic carbocycles. The molecular weight excluding hydrogens is 356 g/mol. The summed E-state index contributed by atoms with van der Waals surface area (Å²) >= 11 is 0. The zero-order valence-corrected chi connectivity index (χ0v) is 16.0. The monoisotopic (exact) mass is 382 g/mol. The zero-order chi connectivity index (χ0) is 20.1. The van der Waals surface area contributed by atoms with Crippen LogP contribution in [0.15, 0.2) is 30.3 Å². The lowest BCUT2D eigenvalue weighted by atomic mass is 9.83. The maximum Gasteiger partial charge on any atom is 0.268 e. The van der Waals surface area contributed by atoms with Crippen molar-refractivity contribution in [2.75, 3.05) is 6.61 Å². The van der Waals surface area contributed by atoms with E-state index in [9.17, 15) is 9.59 Å². The highest BCUT2D eigenvalue weighted by atomic mass is 16.3. The van der Waals surface area contributed by atoms with Crippen LogP contribution in [0, 0.1) is 17.2 Å². The van der Waals surface area contributed by atoms with Gasteiger partial charge in [-0.15, -0.1) is 0 Å². The number of aliphatic hydroxyl groups is 1. The Morgan fingerprint density at radius 2 is 2.07 bits per heavy atom. The van der Waals surface area contributed by atoms with E-state index in [-0.39, 0.29) is 36.8 Å². The minimum absolute atomic E-state index is 0.162. The fourth-order valence-electron chi connectivity index (χ4n) is 3.94. The second kappa shape index (κ2) is 8.89. The van der Waals surface area contributed by atoms with E-state index in [1.807, 2.05) is 48.0 Å². The molecule has 3 N–H and O–H groups in total. The third-order valence-electron chi connectivity index (χ3n) is 5.49. The van der Waals surface area contributed by atoms with Crippen LogP contribution in [-0.2, 0) is 11.8 Å². The number of carbonyl (C=O) groups excluding carboxylic acids is 2. The second-order valence-electron chi connectivity index (χ2n) is 7.32. The van der Waals surface area contributed by atoms with Gasteiger partial charge in [-0.1, -0.05) is 31.0 Å². The first-order valence-electron chi connectivity index (χ1n) is 9.71. The number of para-hydroxylation sites is 1. The number of aromatic nitrogens is 1.